The monoisotopic (exact) mass is 361 g/mol. The SMILES string of the molecule is O=C1NCCC12CCC(c1cc(-c3ccc(C(F)(F)F)cc3)ccn1)N2. The van der Waals surface area contributed by atoms with E-state index in [1.54, 1.807) is 12.3 Å². The summed E-state index contributed by atoms with van der Waals surface area (Å²) < 4.78 is 38.1. The molecule has 4 nitrogen and oxygen atoms in total. The van der Waals surface area contributed by atoms with E-state index in [1.807, 2.05) is 6.07 Å². The first-order chi connectivity index (χ1) is 12.4. The van der Waals surface area contributed by atoms with Gasteiger partial charge >= 0.3 is 6.18 Å². The number of alkyl halides is 3. The summed E-state index contributed by atoms with van der Waals surface area (Å²) in [6.07, 6.45) is -0.358. The maximum atomic E-state index is 12.7. The number of amides is 1. The Bertz CT molecular complexity index is 835. The third-order valence-corrected chi connectivity index (χ3v) is 5.27. The lowest BCUT2D eigenvalue weighted by molar-refractivity contribution is -0.137. The first kappa shape index (κ1) is 17.0. The lowest BCUT2D eigenvalue weighted by atomic mass is 9.96. The number of aromatic nitrogens is 1. The van der Waals surface area contributed by atoms with Crippen molar-refractivity contribution >= 4 is 5.91 Å². The number of halogens is 3. The zero-order chi connectivity index (χ0) is 18.4. The molecule has 3 heterocycles. The molecular formula is C19H18F3N3O. The lowest BCUT2D eigenvalue weighted by Crippen LogP contribution is -2.47. The number of rotatable bonds is 2. The highest BCUT2D eigenvalue weighted by molar-refractivity contribution is 5.88. The minimum atomic E-state index is -4.34. The minimum Gasteiger partial charge on any atom is -0.354 e. The van der Waals surface area contributed by atoms with Crippen LogP contribution in [-0.2, 0) is 11.0 Å². The largest absolute Gasteiger partial charge is 0.416 e. The van der Waals surface area contributed by atoms with Gasteiger partial charge in [0.1, 0.15) is 5.54 Å². The van der Waals surface area contributed by atoms with E-state index in [4.69, 9.17) is 0 Å². The van der Waals surface area contributed by atoms with Crippen LogP contribution in [0.2, 0.25) is 0 Å². The predicted octanol–water partition coefficient (Wildman–Crippen LogP) is 3.45. The number of hydrogen-bond acceptors (Lipinski definition) is 3. The molecule has 1 amide bonds. The van der Waals surface area contributed by atoms with E-state index in [2.05, 4.69) is 15.6 Å². The zero-order valence-electron chi connectivity index (χ0n) is 13.9. The quantitative estimate of drug-likeness (QED) is 0.862. The van der Waals surface area contributed by atoms with Gasteiger partial charge in [0.2, 0.25) is 5.91 Å². The Labute approximate surface area is 148 Å². The molecule has 2 unspecified atom stereocenters. The molecule has 7 heteroatoms. The second-order valence-corrected chi connectivity index (χ2v) is 6.87. The van der Waals surface area contributed by atoms with Gasteiger partial charge in [-0.2, -0.15) is 13.2 Å². The van der Waals surface area contributed by atoms with Crippen LogP contribution >= 0.6 is 0 Å². The summed E-state index contributed by atoms with van der Waals surface area (Å²) in [4.78, 5) is 16.5. The standard InChI is InChI=1S/C19H18F3N3O/c20-19(21,22)14-3-1-12(2-4-14)13-6-9-23-16(11-13)15-5-7-18(25-15)8-10-24-17(18)26/h1-4,6,9,11,15,25H,5,7-8,10H2,(H,24,26). The van der Waals surface area contributed by atoms with Crippen molar-refractivity contribution in [1.82, 2.24) is 15.6 Å². The fourth-order valence-electron chi connectivity index (χ4n) is 3.81. The molecule has 2 atom stereocenters. The molecule has 4 rings (SSSR count). The molecule has 2 aromatic rings. The van der Waals surface area contributed by atoms with Crippen LogP contribution in [0.25, 0.3) is 11.1 Å². The van der Waals surface area contributed by atoms with Gasteiger partial charge in [-0.25, -0.2) is 0 Å². The maximum absolute atomic E-state index is 12.7. The molecule has 136 valence electrons. The van der Waals surface area contributed by atoms with Crippen molar-refractivity contribution < 1.29 is 18.0 Å². The number of hydrogen-bond donors (Lipinski definition) is 2. The van der Waals surface area contributed by atoms with Crippen molar-refractivity contribution in [3.05, 3.63) is 53.9 Å². The number of pyridine rings is 1. The molecule has 2 aliphatic heterocycles. The van der Waals surface area contributed by atoms with Gasteiger partial charge in [0, 0.05) is 12.7 Å². The molecule has 2 saturated heterocycles. The van der Waals surface area contributed by atoms with Gasteiger partial charge in [0.05, 0.1) is 17.3 Å². The Morgan fingerprint density at radius 2 is 1.85 bits per heavy atom. The summed E-state index contributed by atoms with van der Waals surface area (Å²) >= 11 is 0. The first-order valence-corrected chi connectivity index (χ1v) is 8.57. The smallest absolute Gasteiger partial charge is 0.354 e. The maximum Gasteiger partial charge on any atom is 0.416 e. The Balaban J connectivity index is 1.57. The summed E-state index contributed by atoms with van der Waals surface area (Å²) in [5, 5.41) is 6.28. The van der Waals surface area contributed by atoms with Gasteiger partial charge in [-0.05, 0) is 54.7 Å². The molecule has 0 saturated carbocycles. The fourth-order valence-corrected chi connectivity index (χ4v) is 3.81. The summed E-state index contributed by atoms with van der Waals surface area (Å²) in [6.45, 7) is 0.678. The molecule has 2 fully saturated rings. The molecule has 1 aromatic carbocycles. The van der Waals surface area contributed by atoms with E-state index in [-0.39, 0.29) is 11.9 Å². The van der Waals surface area contributed by atoms with E-state index >= 15 is 0 Å². The van der Waals surface area contributed by atoms with Crippen molar-refractivity contribution in [1.29, 1.82) is 0 Å². The predicted molar refractivity (Wildman–Crippen MR) is 90.1 cm³/mol. The Morgan fingerprint density at radius 3 is 2.50 bits per heavy atom. The number of carbonyl (C=O) groups is 1. The average Bonchev–Trinajstić information content (AvgIpc) is 3.22. The summed E-state index contributed by atoms with van der Waals surface area (Å²) in [6, 6.07) is 8.73. The van der Waals surface area contributed by atoms with Gasteiger partial charge in [0.25, 0.3) is 0 Å². The Morgan fingerprint density at radius 1 is 1.08 bits per heavy atom. The second kappa shape index (κ2) is 6.09. The summed E-state index contributed by atoms with van der Waals surface area (Å²) in [7, 11) is 0. The van der Waals surface area contributed by atoms with Crippen LogP contribution in [0.3, 0.4) is 0 Å². The number of benzene rings is 1. The first-order valence-electron chi connectivity index (χ1n) is 8.57. The molecule has 0 bridgehead atoms. The molecule has 0 radical (unpaired) electrons. The summed E-state index contributed by atoms with van der Waals surface area (Å²) in [5.74, 6) is 0.0406. The molecule has 2 aliphatic rings. The molecule has 1 spiro atoms. The minimum absolute atomic E-state index is 0.0340. The average molecular weight is 361 g/mol. The highest BCUT2D eigenvalue weighted by Crippen LogP contribution is 2.37. The fraction of sp³-hybridized carbons (Fsp3) is 0.368. The van der Waals surface area contributed by atoms with Gasteiger partial charge in [0.15, 0.2) is 0 Å². The van der Waals surface area contributed by atoms with Crippen LogP contribution in [0.15, 0.2) is 42.6 Å². The number of carbonyl (C=O) groups excluding carboxylic acids is 1. The van der Waals surface area contributed by atoms with Crippen LogP contribution in [0.5, 0.6) is 0 Å². The number of nitrogens with one attached hydrogen (secondary N) is 2. The highest BCUT2D eigenvalue weighted by Gasteiger charge is 2.48. The Hall–Kier alpha value is -2.41. The van der Waals surface area contributed by atoms with E-state index in [0.29, 0.717) is 12.1 Å². The van der Waals surface area contributed by atoms with Crippen molar-refractivity contribution in [3.63, 3.8) is 0 Å². The third-order valence-electron chi connectivity index (χ3n) is 5.27. The van der Waals surface area contributed by atoms with Crippen molar-refractivity contribution in [3.8, 4) is 11.1 Å². The van der Waals surface area contributed by atoms with E-state index in [1.165, 1.54) is 12.1 Å². The van der Waals surface area contributed by atoms with Gasteiger partial charge in [-0.15, -0.1) is 0 Å². The van der Waals surface area contributed by atoms with E-state index in [9.17, 15) is 18.0 Å². The third kappa shape index (κ3) is 2.96. The van der Waals surface area contributed by atoms with Crippen LogP contribution in [0.4, 0.5) is 13.2 Å². The van der Waals surface area contributed by atoms with Crippen LogP contribution in [-0.4, -0.2) is 23.0 Å². The van der Waals surface area contributed by atoms with Crippen LogP contribution in [0, 0.1) is 0 Å². The van der Waals surface area contributed by atoms with Crippen molar-refractivity contribution in [2.24, 2.45) is 0 Å². The van der Waals surface area contributed by atoms with Crippen LogP contribution in [0.1, 0.15) is 36.6 Å². The number of nitrogens with zero attached hydrogens (tertiary/aromatic N) is 1. The normalized spacial score (nSPS) is 25.7. The molecule has 26 heavy (non-hydrogen) atoms. The lowest BCUT2D eigenvalue weighted by Gasteiger charge is -2.21. The zero-order valence-corrected chi connectivity index (χ0v) is 13.9. The van der Waals surface area contributed by atoms with Crippen molar-refractivity contribution in [2.45, 2.75) is 37.0 Å². The molecule has 2 N–H and O–H groups in total. The summed E-state index contributed by atoms with van der Waals surface area (Å²) in [5.41, 5.74) is 1.15. The Kier molecular flexibility index (Phi) is 3.99. The molecule has 1 aromatic heterocycles. The van der Waals surface area contributed by atoms with Gasteiger partial charge in [-0.3, -0.25) is 15.1 Å². The second-order valence-electron chi connectivity index (χ2n) is 6.87. The highest BCUT2D eigenvalue weighted by atomic mass is 19.4. The van der Waals surface area contributed by atoms with Crippen molar-refractivity contribution in [2.75, 3.05) is 6.54 Å². The molecule has 0 aliphatic carbocycles. The molecular weight excluding hydrogens is 343 g/mol. The van der Waals surface area contributed by atoms with Gasteiger partial charge in [-0.1, -0.05) is 12.1 Å². The van der Waals surface area contributed by atoms with E-state index in [0.717, 1.165) is 42.7 Å². The van der Waals surface area contributed by atoms with Crippen LogP contribution < -0.4 is 10.6 Å². The topological polar surface area (TPSA) is 54.0 Å². The van der Waals surface area contributed by atoms with Gasteiger partial charge < -0.3 is 5.32 Å². The van der Waals surface area contributed by atoms with E-state index < -0.39 is 17.3 Å².